The van der Waals surface area contributed by atoms with Crippen LogP contribution in [0, 0.1) is 5.92 Å². The lowest BCUT2D eigenvalue weighted by molar-refractivity contribution is 0.184. The van der Waals surface area contributed by atoms with Crippen LogP contribution in [-0.4, -0.2) is 31.1 Å². The standard InChI is InChI=1S/C17H27ClN2/c1-3-19-17(15-6-4-5-7-16(15)18)10-13-20-11-8-14(2)9-12-20/h4-7,14,17,19H,3,8-13H2,1-2H3. The van der Waals surface area contributed by atoms with Gasteiger partial charge in [-0.1, -0.05) is 43.6 Å². The highest BCUT2D eigenvalue weighted by Gasteiger charge is 2.18. The number of nitrogens with one attached hydrogen (secondary N) is 1. The third-order valence-electron chi connectivity index (χ3n) is 4.34. The number of benzene rings is 1. The maximum Gasteiger partial charge on any atom is 0.0453 e. The molecule has 0 aromatic heterocycles. The quantitative estimate of drug-likeness (QED) is 0.849. The van der Waals surface area contributed by atoms with Gasteiger partial charge in [0.2, 0.25) is 0 Å². The summed E-state index contributed by atoms with van der Waals surface area (Å²) in [6.07, 6.45) is 3.82. The monoisotopic (exact) mass is 294 g/mol. The number of piperidine rings is 1. The minimum absolute atomic E-state index is 0.369. The van der Waals surface area contributed by atoms with Gasteiger partial charge in [0.05, 0.1) is 0 Å². The first kappa shape index (κ1) is 15.8. The molecular weight excluding hydrogens is 268 g/mol. The van der Waals surface area contributed by atoms with E-state index in [-0.39, 0.29) is 0 Å². The van der Waals surface area contributed by atoms with Crippen LogP contribution in [0.3, 0.4) is 0 Å². The average Bonchev–Trinajstić information content (AvgIpc) is 2.46. The molecule has 112 valence electrons. The highest BCUT2D eigenvalue weighted by molar-refractivity contribution is 6.31. The largest absolute Gasteiger partial charge is 0.310 e. The summed E-state index contributed by atoms with van der Waals surface area (Å²) in [6.45, 7) is 9.17. The Hall–Kier alpha value is -0.570. The number of rotatable bonds is 6. The Labute approximate surface area is 128 Å². The van der Waals surface area contributed by atoms with Crippen molar-refractivity contribution >= 4 is 11.6 Å². The Bertz CT molecular complexity index is 400. The van der Waals surface area contributed by atoms with E-state index >= 15 is 0 Å². The first-order chi connectivity index (χ1) is 9.70. The lowest BCUT2D eigenvalue weighted by Gasteiger charge is -2.31. The molecule has 0 amide bonds. The smallest absolute Gasteiger partial charge is 0.0453 e. The van der Waals surface area contributed by atoms with E-state index in [4.69, 9.17) is 11.6 Å². The number of hydrogen-bond acceptors (Lipinski definition) is 2. The van der Waals surface area contributed by atoms with Gasteiger partial charge in [-0.25, -0.2) is 0 Å². The van der Waals surface area contributed by atoms with Crippen molar-refractivity contribution in [3.05, 3.63) is 34.9 Å². The van der Waals surface area contributed by atoms with Gasteiger partial charge < -0.3 is 10.2 Å². The molecule has 1 aromatic rings. The predicted molar refractivity (Wildman–Crippen MR) is 87.3 cm³/mol. The molecule has 1 unspecified atom stereocenters. The van der Waals surface area contributed by atoms with Gasteiger partial charge in [0, 0.05) is 11.1 Å². The lowest BCUT2D eigenvalue weighted by atomic mass is 9.98. The molecule has 1 heterocycles. The molecule has 0 bridgehead atoms. The van der Waals surface area contributed by atoms with Gasteiger partial charge >= 0.3 is 0 Å². The molecule has 1 N–H and O–H groups in total. The molecule has 1 saturated heterocycles. The highest BCUT2D eigenvalue weighted by Crippen LogP contribution is 2.26. The van der Waals surface area contributed by atoms with E-state index in [0.29, 0.717) is 6.04 Å². The Kier molecular flexibility index (Phi) is 6.34. The first-order valence-corrected chi connectivity index (χ1v) is 8.28. The van der Waals surface area contributed by atoms with E-state index in [1.54, 1.807) is 0 Å². The van der Waals surface area contributed by atoms with Gasteiger partial charge in [-0.05, 0) is 63.0 Å². The van der Waals surface area contributed by atoms with Crippen molar-refractivity contribution in [3.8, 4) is 0 Å². The van der Waals surface area contributed by atoms with Crippen LogP contribution in [0.2, 0.25) is 5.02 Å². The number of hydrogen-bond donors (Lipinski definition) is 1. The molecule has 1 aliphatic rings. The summed E-state index contributed by atoms with van der Waals surface area (Å²) in [7, 11) is 0. The molecule has 0 aliphatic carbocycles. The van der Waals surface area contributed by atoms with Crippen LogP contribution in [0.25, 0.3) is 0 Å². The Morgan fingerprint density at radius 2 is 2.00 bits per heavy atom. The topological polar surface area (TPSA) is 15.3 Å². The second-order valence-corrected chi connectivity index (χ2v) is 6.35. The molecule has 1 fully saturated rings. The van der Waals surface area contributed by atoms with E-state index in [1.807, 2.05) is 12.1 Å². The molecule has 20 heavy (non-hydrogen) atoms. The molecule has 1 aromatic carbocycles. The summed E-state index contributed by atoms with van der Waals surface area (Å²) in [4.78, 5) is 2.60. The molecule has 3 heteroatoms. The maximum atomic E-state index is 6.34. The van der Waals surface area contributed by atoms with Crippen LogP contribution in [0.4, 0.5) is 0 Å². The number of nitrogens with zero attached hydrogens (tertiary/aromatic N) is 1. The molecule has 1 aliphatic heterocycles. The molecular formula is C17H27ClN2. The van der Waals surface area contributed by atoms with Crippen molar-refractivity contribution in [2.45, 2.75) is 39.2 Å². The van der Waals surface area contributed by atoms with E-state index in [9.17, 15) is 0 Å². The molecule has 0 saturated carbocycles. The number of likely N-dealkylation sites (tertiary alicyclic amines) is 1. The summed E-state index contributed by atoms with van der Waals surface area (Å²) in [5.74, 6) is 0.902. The summed E-state index contributed by atoms with van der Waals surface area (Å²) < 4.78 is 0. The van der Waals surface area contributed by atoms with Crippen molar-refractivity contribution < 1.29 is 0 Å². The first-order valence-electron chi connectivity index (χ1n) is 7.91. The summed E-state index contributed by atoms with van der Waals surface area (Å²) in [5, 5.41) is 4.46. The Balaban J connectivity index is 1.91. The van der Waals surface area contributed by atoms with Crippen LogP contribution in [0.15, 0.2) is 24.3 Å². The van der Waals surface area contributed by atoms with Gasteiger partial charge in [-0.2, -0.15) is 0 Å². The van der Waals surface area contributed by atoms with Crippen molar-refractivity contribution in [1.82, 2.24) is 10.2 Å². The summed E-state index contributed by atoms with van der Waals surface area (Å²) in [5.41, 5.74) is 1.24. The molecule has 0 radical (unpaired) electrons. The van der Waals surface area contributed by atoms with E-state index < -0.39 is 0 Å². The van der Waals surface area contributed by atoms with Gasteiger partial charge in [-0.15, -0.1) is 0 Å². The Morgan fingerprint density at radius 3 is 2.65 bits per heavy atom. The minimum atomic E-state index is 0.369. The zero-order valence-electron chi connectivity index (χ0n) is 12.7. The fraction of sp³-hybridized carbons (Fsp3) is 0.647. The SMILES string of the molecule is CCNC(CCN1CCC(C)CC1)c1ccccc1Cl. The highest BCUT2D eigenvalue weighted by atomic mass is 35.5. The summed E-state index contributed by atoms with van der Waals surface area (Å²) >= 11 is 6.34. The van der Waals surface area contributed by atoms with Crippen molar-refractivity contribution in [2.75, 3.05) is 26.2 Å². The van der Waals surface area contributed by atoms with Crippen LogP contribution >= 0.6 is 11.6 Å². The van der Waals surface area contributed by atoms with E-state index in [2.05, 4.69) is 36.2 Å². The van der Waals surface area contributed by atoms with Gasteiger partial charge in [0.1, 0.15) is 0 Å². The molecule has 1 atom stereocenters. The Morgan fingerprint density at radius 1 is 1.30 bits per heavy atom. The van der Waals surface area contributed by atoms with Crippen molar-refractivity contribution in [2.24, 2.45) is 5.92 Å². The van der Waals surface area contributed by atoms with Crippen LogP contribution in [0.1, 0.15) is 44.7 Å². The van der Waals surface area contributed by atoms with E-state index in [0.717, 1.165) is 30.5 Å². The van der Waals surface area contributed by atoms with Crippen LogP contribution in [0.5, 0.6) is 0 Å². The molecule has 0 spiro atoms. The minimum Gasteiger partial charge on any atom is -0.310 e. The lowest BCUT2D eigenvalue weighted by Crippen LogP contribution is -2.35. The normalized spacial score (nSPS) is 19.1. The third-order valence-corrected chi connectivity index (χ3v) is 4.69. The zero-order valence-corrected chi connectivity index (χ0v) is 13.5. The van der Waals surface area contributed by atoms with E-state index in [1.165, 1.54) is 31.5 Å². The summed E-state index contributed by atoms with van der Waals surface area (Å²) in [6, 6.07) is 8.58. The number of halogens is 1. The van der Waals surface area contributed by atoms with Gasteiger partial charge in [0.15, 0.2) is 0 Å². The zero-order chi connectivity index (χ0) is 14.4. The predicted octanol–water partition coefficient (Wildman–Crippen LogP) is 4.11. The molecule has 2 nitrogen and oxygen atoms in total. The van der Waals surface area contributed by atoms with Gasteiger partial charge in [-0.3, -0.25) is 0 Å². The second kappa shape index (κ2) is 8.02. The van der Waals surface area contributed by atoms with Crippen LogP contribution < -0.4 is 5.32 Å². The fourth-order valence-corrected chi connectivity index (χ4v) is 3.24. The van der Waals surface area contributed by atoms with Gasteiger partial charge in [0.25, 0.3) is 0 Å². The molecule has 2 rings (SSSR count). The van der Waals surface area contributed by atoms with Crippen LogP contribution in [-0.2, 0) is 0 Å². The fourth-order valence-electron chi connectivity index (χ4n) is 2.97. The van der Waals surface area contributed by atoms with Crippen molar-refractivity contribution in [3.63, 3.8) is 0 Å². The second-order valence-electron chi connectivity index (χ2n) is 5.94. The average molecular weight is 295 g/mol. The third kappa shape index (κ3) is 4.47. The maximum absolute atomic E-state index is 6.34. The van der Waals surface area contributed by atoms with Crippen molar-refractivity contribution in [1.29, 1.82) is 0 Å².